The van der Waals surface area contributed by atoms with Gasteiger partial charge in [0.1, 0.15) is 17.9 Å². The maximum absolute atomic E-state index is 13.2. The molecule has 10 nitrogen and oxygen atoms in total. The van der Waals surface area contributed by atoms with E-state index in [1.807, 2.05) is 69.3 Å². The van der Waals surface area contributed by atoms with E-state index in [0.717, 1.165) is 44.5 Å². The molecule has 1 aliphatic rings. The smallest absolute Gasteiger partial charge is 0.244 e. The maximum atomic E-state index is 13.2. The van der Waals surface area contributed by atoms with Gasteiger partial charge in [0.25, 0.3) is 0 Å². The highest BCUT2D eigenvalue weighted by Gasteiger charge is 2.34. The Hall–Kier alpha value is -3.99. The van der Waals surface area contributed by atoms with E-state index >= 15 is 0 Å². The van der Waals surface area contributed by atoms with E-state index in [0.29, 0.717) is 50.7 Å². The maximum Gasteiger partial charge on any atom is 0.244 e. The Kier molecular flexibility index (Phi) is 6.69. The number of benzene rings is 2. The summed E-state index contributed by atoms with van der Waals surface area (Å²) >= 11 is 0. The summed E-state index contributed by atoms with van der Waals surface area (Å²) in [4.78, 5) is 27.8. The Bertz CT molecular complexity index is 1720. The average molecular weight is 542 g/mol. The van der Waals surface area contributed by atoms with E-state index in [1.165, 1.54) is 0 Å². The molecule has 0 radical (unpaired) electrons. The van der Waals surface area contributed by atoms with Gasteiger partial charge in [-0.05, 0) is 32.9 Å². The summed E-state index contributed by atoms with van der Waals surface area (Å²) in [6, 6.07) is 15.3. The number of hydrogen-bond acceptors (Lipinski definition) is 7. The number of nitrogen functional groups attached to an aromatic ring is 1. The number of ether oxygens (including phenoxy) is 2. The van der Waals surface area contributed by atoms with Crippen LogP contribution in [0.4, 0.5) is 11.5 Å². The summed E-state index contributed by atoms with van der Waals surface area (Å²) in [5.74, 6) is 1.06. The van der Waals surface area contributed by atoms with Crippen molar-refractivity contribution < 1.29 is 14.3 Å². The zero-order valence-electron chi connectivity index (χ0n) is 23.1. The minimum absolute atomic E-state index is 0.0901. The highest BCUT2D eigenvalue weighted by atomic mass is 16.5. The number of para-hydroxylation sites is 2. The van der Waals surface area contributed by atoms with Crippen molar-refractivity contribution in [3.63, 3.8) is 0 Å². The number of nitrogens with two attached hydrogens (primary N) is 2. The first kappa shape index (κ1) is 26.2. The van der Waals surface area contributed by atoms with Crippen LogP contribution in [-0.2, 0) is 33.8 Å². The summed E-state index contributed by atoms with van der Waals surface area (Å²) in [5, 5.41) is 1.98. The summed E-state index contributed by atoms with van der Waals surface area (Å²) in [6.07, 6.45) is 0.494. The highest BCUT2D eigenvalue weighted by Crippen LogP contribution is 2.35. The van der Waals surface area contributed by atoms with E-state index in [-0.39, 0.29) is 5.91 Å². The SMILES string of the molecule is CCOCc1nc2c(N)nc3ccccc3c2n1CC(C)(C)OCCN1C(=O)C(N)Cc2[nH]c3ccccc3c21. The molecule has 0 saturated carbocycles. The molecular formula is C30H35N7O3. The number of H-pyrrole nitrogens is 1. The second-order valence-electron chi connectivity index (χ2n) is 10.9. The molecule has 208 valence electrons. The minimum Gasteiger partial charge on any atom is -0.382 e. The van der Waals surface area contributed by atoms with Crippen molar-refractivity contribution in [2.75, 3.05) is 30.4 Å². The van der Waals surface area contributed by atoms with Crippen LogP contribution in [-0.4, -0.2) is 56.8 Å². The van der Waals surface area contributed by atoms with Gasteiger partial charge in [-0.3, -0.25) is 4.79 Å². The van der Waals surface area contributed by atoms with Crippen LogP contribution in [0, 0.1) is 0 Å². The van der Waals surface area contributed by atoms with Crippen LogP contribution in [0.15, 0.2) is 48.5 Å². The Morgan fingerprint density at radius 3 is 2.65 bits per heavy atom. The average Bonchev–Trinajstić information content (AvgIpc) is 3.47. The number of carbonyl (C=O) groups excluding carboxylic acids is 1. The van der Waals surface area contributed by atoms with E-state index in [4.69, 9.17) is 25.9 Å². The lowest BCUT2D eigenvalue weighted by Crippen LogP contribution is -2.50. The largest absolute Gasteiger partial charge is 0.382 e. The molecule has 0 bridgehead atoms. The molecule has 0 saturated heterocycles. The topological polar surface area (TPSA) is 137 Å². The Labute approximate surface area is 232 Å². The molecule has 1 unspecified atom stereocenters. The van der Waals surface area contributed by atoms with Crippen LogP contribution < -0.4 is 16.4 Å². The lowest BCUT2D eigenvalue weighted by Gasteiger charge is -2.33. The van der Waals surface area contributed by atoms with E-state index in [1.54, 1.807) is 4.90 Å². The lowest BCUT2D eigenvalue weighted by molar-refractivity contribution is -0.120. The van der Waals surface area contributed by atoms with Crippen molar-refractivity contribution in [1.29, 1.82) is 0 Å². The molecule has 0 aliphatic carbocycles. The van der Waals surface area contributed by atoms with Crippen molar-refractivity contribution in [3.8, 4) is 0 Å². The number of amides is 1. The lowest BCUT2D eigenvalue weighted by atomic mass is 10.0. The fourth-order valence-corrected chi connectivity index (χ4v) is 5.70. The molecule has 2 aromatic carbocycles. The summed E-state index contributed by atoms with van der Waals surface area (Å²) < 4.78 is 14.3. The predicted octanol–water partition coefficient (Wildman–Crippen LogP) is 3.90. The van der Waals surface area contributed by atoms with Crippen molar-refractivity contribution in [3.05, 3.63) is 60.0 Å². The number of nitrogens with zero attached hydrogens (tertiary/aromatic N) is 4. The fourth-order valence-electron chi connectivity index (χ4n) is 5.70. The molecule has 10 heteroatoms. The number of pyridine rings is 1. The van der Waals surface area contributed by atoms with Gasteiger partial charge < -0.3 is 35.4 Å². The Morgan fingerprint density at radius 2 is 1.85 bits per heavy atom. The molecule has 1 atom stereocenters. The van der Waals surface area contributed by atoms with Crippen molar-refractivity contribution in [2.24, 2.45) is 5.73 Å². The van der Waals surface area contributed by atoms with Crippen LogP contribution in [0.5, 0.6) is 0 Å². The summed E-state index contributed by atoms with van der Waals surface area (Å²) in [5.41, 5.74) is 17.2. The zero-order chi connectivity index (χ0) is 28.0. The summed E-state index contributed by atoms with van der Waals surface area (Å²) in [6.45, 7) is 8.18. The third kappa shape index (κ3) is 4.57. The van der Waals surface area contributed by atoms with Gasteiger partial charge in [-0.2, -0.15) is 0 Å². The fraction of sp³-hybridized carbons (Fsp3) is 0.367. The quantitative estimate of drug-likeness (QED) is 0.257. The standard InChI is InChI=1S/C30H35N7O3/c1-4-39-16-24-35-25-27(19-10-6-8-12-22(19)34-28(25)32)37(24)17-30(2,3)40-14-13-36-26-18-9-5-7-11-21(18)33-23(26)15-20(31)29(36)38/h5-12,20,33H,4,13-17,31H2,1-3H3,(H2,32,34). The number of aromatic nitrogens is 4. The summed E-state index contributed by atoms with van der Waals surface area (Å²) in [7, 11) is 0. The first-order chi connectivity index (χ1) is 19.3. The molecule has 5 aromatic rings. The molecule has 1 amide bonds. The number of aromatic amines is 1. The molecule has 40 heavy (non-hydrogen) atoms. The predicted molar refractivity (Wildman–Crippen MR) is 157 cm³/mol. The van der Waals surface area contributed by atoms with Crippen LogP contribution in [0.3, 0.4) is 0 Å². The molecule has 3 aromatic heterocycles. The third-order valence-electron chi connectivity index (χ3n) is 7.50. The van der Waals surface area contributed by atoms with Crippen LogP contribution in [0.25, 0.3) is 32.8 Å². The monoisotopic (exact) mass is 541 g/mol. The second kappa shape index (κ2) is 10.2. The van der Waals surface area contributed by atoms with Gasteiger partial charge in [0.05, 0.1) is 41.5 Å². The molecule has 1 aliphatic heterocycles. The minimum atomic E-state index is -0.599. The molecule has 0 spiro atoms. The highest BCUT2D eigenvalue weighted by molar-refractivity contribution is 6.09. The van der Waals surface area contributed by atoms with Crippen LogP contribution >= 0.6 is 0 Å². The Balaban J connectivity index is 1.28. The van der Waals surface area contributed by atoms with Crippen molar-refractivity contribution in [1.82, 2.24) is 19.5 Å². The van der Waals surface area contributed by atoms with Gasteiger partial charge >= 0.3 is 0 Å². The first-order valence-corrected chi connectivity index (χ1v) is 13.7. The van der Waals surface area contributed by atoms with Gasteiger partial charge in [-0.25, -0.2) is 9.97 Å². The third-order valence-corrected chi connectivity index (χ3v) is 7.50. The number of imidazole rings is 1. The van der Waals surface area contributed by atoms with Gasteiger partial charge in [0.2, 0.25) is 5.91 Å². The molecule has 5 N–H and O–H groups in total. The van der Waals surface area contributed by atoms with Gasteiger partial charge in [0, 0.05) is 41.6 Å². The number of rotatable bonds is 9. The number of nitrogens with one attached hydrogen (secondary N) is 1. The first-order valence-electron chi connectivity index (χ1n) is 13.7. The van der Waals surface area contributed by atoms with Crippen molar-refractivity contribution in [2.45, 2.75) is 52.0 Å². The van der Waals surface area contributed by atoms with Crippen LogP contribution in [0.1, 0.15) is 32.3 Å². The number of anilines is 2. The second-order valence-corrected chi connectivity index (χ2v) is 10.9. The Morgan fingerprint density at radius 1 is 1.10 bits per heavy atom. The van der Waals surface area contributed by atoms with Crippen LogP contribution in [0.2, 0.25) is 0 Å². The van der Waals surface area contributed by atoms with E-state index in [9.17, 15) is 4.79 Å². The number of carbonyl (C=O) groups is 1. The molecule has 6 rings (SSSR count). The molecular weight excluding hydrogens is 506 g/mol. The van der Waals surface area contributed by atoms with Gasteiger partial charge in [-0.15, -0.1) is 0 Å². The zero-order valence-corrected chi connectivity index (χ0v) is 23.1. The molecule has 0 fully saturated rings. The van der Waals surface area contributed by atoms with Gasteiger partial charge in [0.15, 0.2) is 5.82 Å². The van der Waals surface area contributed by atoms with E-state index < -0.39 is 11.6 Å². The van der Waals surface area contributed by atoms with Crippen molar-refractivity contribution >= 4 is 50.3 Å². The number of hydrogen-bond donors (Lipinski definition) is 3. The normalized spacial score (nSPS) is 15.9. The molecule has 4 heterocycles. The number of fused-ring (bicyclic) bond motifs is 6. The van der Waals surface area contributed by atoms with Gasteiger partial charge in [-0.1, -0.05) is 36.4 Å². The van der Waals surface area contributed by atoms with E-state index in [2.05, 4.69) is 14.5 Å².